The Labute approximate surface area is 233 Å². The molecule has 5 rings (SSSR count). The Morgan fingerprint density at radius 2 is 1.77 bits per heavy atom. The third kappa shape index (κ3) is 6.75. The molecule has 3 aromatic carbocycles. The maximum atomic E-state index is 12.1. The van der Waals surface area contributed by atoms with E-state index >= 15 is 0 Å². The van der Waals surface area contributed by atoms with Crippen molar-refractivity contribution in [1.29, 1.82) is 0 Å². The van der Waals surface area contributed by atoms with Gasteiger partial charge in [0.15, 0.2) is 0 Å². The standard InChI is InChI=1S/C33H32N2O5/c1-2-38-32(36)17-27-9-3-4-11-31(27)39-21-25-14-28-16-29(22-37-20-24-8-6-12-35-19-24)40-33(28)30(15-25)26-10-5-7-23(13-26)18-34/h3-16,19H,2,17-18,20-22,34H2,1H3. The van der Waals surface area contributed by atoms with Gasteiger partial charge < -0.3 is 24.4 Å². The molecule has 0 spiro atoms. The van der Waals surface area contributed by atoms with Crippen molar-refractivity contribution in [3.05, 3.63) is 119 Å². The van der Waals surface area contributed by atoms with Crippen molar-refractivity contribution in [3.8, 4) is 16.9 Å². The number of carbonyl (C=O) groups excluding carboxylic acids is 1. The molecule has 5 aromatic rings. The first-order valence-corrected chi connectivity index (χ1v) is 13.3. The van der Waals surface area contributed by atoms with E-state index in [4.69, 9.17) is 24.4 Å². The van der Waals surface area contributed by atoms with Crippen LogP contribution in [0.2, 0.25) is 0 Å². The zero-order chi connectivity index (χ0) is 27.7. The molecule has 2 heterocycles. The molecule has 0 aliphatic carbocycles. The molecule has 0 radical (unpaired) electrons. The molecule has 204 valence electrons. The van der Waals surface area contributed by atoms with E-state index in [1.165, 1.54) is 0 Å². The lowest BCUT2D eigenvalue weighted by molar-refractivity contribution is -0.142. The van der Waals surface area contributed by atoms with Crippen LogP contribution in [-0.2, 0) is 47.1 Å². The Kier molecular flexibility index (Phi) is 8.86. The third-order valence-corrected chi connectivity index (χ3v) is 6.44. The molecule has 0 saturated heterocycles. The quantitative estimate of drug-likeness (QED) is 0.185. The Balaban J connectivity index is 1.42. The summed E-state index contributed by atoms with van der Waals surface area (Å²) in [5.74, 6) is 1.10. The number of ether oxygens (including phenoxy) is 3. The van der Waals surface area contributed by atoms with E-state index in [0.29, 0.717) is 38.7 Å². The minimum atomic E-state index is -0.279. The Morgan fingerprint density at radius 1 is 0.900 bits per heavy atom. The largest absolute Gasteiger partial charge is 0.489 e. The van der Waals surface area contributed by atoms with Crippen molar-refractivity contribution in [2.24, 2.45) is 5.73 Å². The first-order chi connectivity index (χ1) is 19.6. The topological polar surface area (TPSA) is 96.8 Å². The normalized spacial score (nSPS) is 11.1. The van der Waals surface area contributed by atoms with Gasteiger partial charge in [-0.3, -0.25) is 9.78 Å². The van der Waals surface area contributed by atoms with Crippen molar-refractivity contribution < 1.29 is 23.4 Å². The molecular weight excluding hydrogens is 504 g/mol. The average Bonchev–Trinajstić information content (AvgIpc) is 3.40. The molecule has 0 bridgehead atoms. The Hall–Kier alpha value is -4.46. The van der Waals surface area contributed by atoms with Gasteiger partial charge >= 0.3 is 5.97 Å². The minimum absolute atomic E-state index is 0.157. The van der Waals surface area contributed by atoms with Gasteiger partial charge in [-0.15, -0.1) is 0 Å². The van der Waals surface area contributed by atoms with E-state index in [1.54, 1.807) is 19.3 Å². The number of rotatable bonds is 12. The monoisotopic (exact) mass is 536 g/mol. The second kappa shape index (κ2) is 13.1. The highest BCUT2D eigenvalue weighted by Gasteiger charge is 2.15. The summed E-state index contributed by atoms with van der Waals surface area (Å²) in [5, 5.41) is 0.953. The van der Waals surface area contributed by atoms with Crippen LogP contribution >= 0.6 is 0 Å². The van der Waals surface area contributed by atoms with Crippen LogP contribution in [0.1, 0.15) is 34.9 Å². The number of aromatic nitrogens is 1. The van der Waals surface area contributed by atoms with Gasteiger partial charge in [0.1, 0.15) is 30.3 Å². The fourth-order valence-corrected chi connectivity index (χ4v) is 4.58. The summed E-state index contributed by atoms with van der Waals surface area (Å²) in [7, 11) is 0. The van der Waals surface area contributed by atoms with Crippen LogP contribution in [-0.4, -0.2) is 17.6 Å². The number of nitrogens with zero attached hydrogens (tertiary/aromatic N) is 1. The molecular formula is C33H32N2O5. The van der Waals surface area contributed by atoms with Crippen LogP contribution in [0.5, 0.6) is 5.75 Å². The van der Waals surface area contributed by atoms with Crippen LogP contribution in [0.4, 0.5) is 0 Å². The fourth-order valence-electron chi connectivity index (χ4n) is 4.58. The molecule has 0 unspecified atom stereocenters. The number of hydrogen-bond donors (Lipinski definition) is 1. The maximum absolute atomic E-state index is 12.1. The highest BCUT2D eigenvalue weighted by molar-refractivity contribution is 5.93. The number of nitrogens with two attached hydrogens (primary N) is 1. The molecule has 0 aliphatic heterocycles. The molecule has 2 aromatic heterocycles. The average molecular weight is 537 g/mol. The van der Waals surface area contributed by atoms with Crippen molar-refractivity contribution in [2.45, 2.75) is 39.7 Å². The summed E-state index contributed by atoms with van der Waals surface area (Å²) < 4.78 is 23.5. The molecule has 0 fully saturated rings. The van der Waals surface area contributed by atoms with Gasteiger partial charge in [0, 0.05) is 35.5 Å². The van der Waals surface area contributed by atoms with E-state index in [0.717, 1.165) is 50.1 Å². The minimum Gasteiger partial charge on any atom is -0.489 e. The lowest BCUT2D eigenvalue weighted by atomic mass is 9.99. The Bertz CT molecular complexity index is 1580. The molecule has 0 saturated carbocycles. The van der Waals surface area contributed by atoms with Gasteiger partial charge in [-0.05, 0) is 65.6 Å². The van der Waals surface area contributed by atoms with Crippen LogP contribution in [0, 0.1) is 0 Å². The second-order valence-electron chi connectivity index (χ2n) is 9.41. The summed E-state index contributed by atoms with van der Waals surface area (Å²) >= 11 is 0. The summed E-state index contributed by atoms with van der Waals surface area (Å²) in [4.78, 5) is 16.2. The second-order valence-corrected chi connectivity index (χ2v) is 9.41. The van der Waals surface area contributed by atoms with Crippen molar-refractivity contribution in [2.75, 3.05) is 6.61 Å². The van der Waals surface area contributed by atoms with Crippen molar-refractivity contribution in [1.82, 2.24) is 4.98 Å². The summed E-state index contributed by atoms with van der Waals surface area (Å²) in [6, 6.07) is 25.7. The van der Waals surface area contributed by atoms with Gasteiger partial charge in [0.2, 0.25) is 0 Å². The van der Waals surface area contributed by atoms with E-state index < -0.39 is 0 Å². The Morgan fingerprint density at radius 3 is 2.60 bits per heavy atom. The molecule has 0 aliphatic rings. The van der Waals surface area contributed by atoms with Crippen LogP contribution < -0.4 is 10.5 Å². The molecule has 0 amide bonds. The number of fused-ring (bicyclic) bond motifs is 1. The van der Waals surface area contributed by atoms with Gasteiger partial charge in [0.25, 0.3) is 0 Å². The fraction of sp³-hybridized carbons (Fsp3) is 0.212. The third-order valence-electron chi connectivity index (χ3n) is 6.44. The summed E-state index contributed by atoms with van der Waals surface area (Å²) in [6.45, 7) is 3.68. The number of esters is 1. The number of pyridine rings is 1. The van der Waals surface area contributed by atoms with E-state index in [2.05, 4.69) is 23.2 Å². The van der Waals surface area contributed by atoms with E-state index in [-0.39, 0.29) is 12.4 Å². The maximum Gasteiger partial charge on any atom is 0.310 e. The van der Waals surface area contributed by atoms with Crippen LogP contribution in [0.15, 0.2) is 95.7 Å². The smallest absolute Gasteiger partial charge is 0.310 e. The van der Waals surface area contributed by atoms with Gasteiger partial charge in [0.05, 0.1) is 19.6 Å². The SMILES string of the molecule is CCOC(=O)Cc1ccccc1OCc1cc(-c2cccc(CN)c2)c2oc(COCc3cccnc3)cc2c1. The predicted molar refractivity (Wildman–Crippen MR) is 153 cm³/mol. The zero-order valence-electron chi connectivity index (χ0n) is 22.5. The molecule has 2 N–H and O–H groups in total. The first kappa shape index (κ1) is 27.1. The van der Waals surface area contributed by atoms with Crippen LogP contribution in [0.25, 0.3) is 22.1 Å². The highest BCUT2D eigenvalue weighted by atomic mass is 16.5. The lowest BCUT2D eigenvalue weighted by Crippen LogP contribution is -2.09. The van der Waals surface area contributed by atoms with Gasteiger partial charge in [-0.25, -0.2) is 0 Å². The summed E-state index contributed by atoms with van der Waals surface area (Å²) in [6.07, 6.45) is 3.69. The highest BCUT2D eigenvalue weighted by Crippen LogP contribution is 2.34. The van der Waals surface area contributed by atoms with Gasteiger partial charge in [-0.1, -0.05) is 42.5 Å². The molecule has 7 heteroatoms. The van der Waals surface area contributed by atoms with Crippen molar-refractivity contribution >= 4 is 16.9 Å². The van der Waals surface area contributed by atoms with E-state index in [9.17, 15) is 4.79 Å². The molecule has 0 atom stereocenters. The van der Waals surface area contributed by atoms with Crippen molar-refractivity contribution in [3.63, 3.8) is 0 Å². The number of benzene rings is 3. The summed E-state index contributed by atoms with van der Waals surface area (Å²) in [5.41, 5.74) is 12.5. The zero-order valence-corrected chi connectivity index (χ0v) is 22.5. The van der Waals surface area contributed by atoms with Crippen LogP contribution in [0.3, 0.4) is 0 Å². The molecule has 40 heavy (non-hydrogen) atoms. The predicted octanol–water partition coefficient (Wildman–Crippen LogP) is 6.35. The number of hydrogen-bond acceptors (Lipinski definition) is 7. The molecule has 7 nitrogen and oxygen atoms in total. The van der Waals surface area contributed by atoms with Gasteiger partial charge in [-0.2, -0.15) is 0 Å². The van der Waals surface area contributed by atoms with E-state index in [1.807, 2.05) is 60.7 Å². The lowest BCUT2D eigenvalue weighted by Gasteiger charge is -2.13. The first-order valence-electron chi connectivity index (χ1n) is 13.3. The number of carbonyl (C=O) groups is 1. The number of para-hydroxylation sites is 1. The number of furan rings is 1.